The number of hydrogen-bond donors (Lipinski definition) is 1. The van der Waals surface area contributed by atoms with Gasteiger partial charge in [-0.2, -0.15) is 0 Å². The van der Waals surface area contributed by atoms with Gasteiger partial charge in [-0.15, -0.1) is 0 Å². The lowest BCUT2D eigenvalue weighted by Gasteiger charge is -2.11. The summed E-state index contributed by atoms with van der Waals surface area (Å²) in [6.07, 6.45) is 15.6. The molecule has 0 unspecified atom stereocenters. The van der Waals surface area contributed by atoms with Crippen LogP contribution in [-0.4, -0.2) is 37.5 Å². The number of aliphatic hydroxyl groups excluding tert-OH is 1. The first kappa shape index (κ1) is 21.6. The number of hydrogen-bond acceptors (Lipinski definition) is 4. The van der Waals surface area contributed by atoms with Crippen molar-refractivity contribution in [1.82, 2.24) is 0 Å². The van der Waals surface area contributed by atoms with Crippen molar-refractivity contribution in [2.75, 3.05) is 14.2 Å². The number of rotatable bonds is 12. The largest absolute Gasteiger partial charge is 0.466 e. The molecule has 0 aromatic carbocycles. The summed E-state index contributed by atoms with van der Waals surface area (Å²) in [7, 11) is 3.10. The topological polar surface area (TPSA) is 55.8 Å². The minimum absolute atomic E-state index is 0.181. The Morgan fingerprint density at radius 3 is 2.43 bits per heavy atom. The van der Waals surface area contributed by atoms with E-state index in [0.29, 0.717) is 5.57 Å². The number of carbonyl (C=O) groups excluding carboxylic acids is 1. The molecule has 1 N–H and O–H groups in total. The third kappa shape index (κ3) is 12.8. The smallest absolute Gasteiger partial charge is 0.333 e. The van der Waals surface area contributed by atoms with Crippen LogP contribution in [0.5, 0.6) is 0 Å². The molecule has 4 nitrogen and oxygen atoms in total. The summed E-state index contributed by atoms with van der Waals surface area (Å²) in [5, 5.41) is 9.16. The predicted octanol–water partition coefficient (Wildman–Crippen LogP) is 3.95. The van der Waals surface area contributed by atoms with Gasteiger partial charge in [0.2, 0.25) is 0 Å². The number of carbonyl (C=O) groups is 1. The third-order valence-corrected chi connectivity index (χ3v) is 3.54. The van der Waals surface area contributed by atoms with E-state index in [0.717, 1.165) is 38.5 Å². The van der Waals surface area contributed by atoms with E-state index < -0.39 is 0 Å². The molecule has 23 heavy (non-hydrogen) atoms. The lowest BCUT2D eigenvalue weighted by atomic mass is 10.1. The number of unbranched alkanes of at least 4 members (excludes halogenated alkanes) is 1. The molecule has 0 aromatic rings. The summed E-state index contributed by atoms with van der Waals surface area (Å²) < 4.78 is 10.1. The highest BCUT2D eigenvalue weighted by molar-refractivity contribution is 5.87. The van der Waals surface area contributed by atoms with E-state index in [-0.39, 0.29) is 18.2 Å². The normalized spacial score (nSPS) is 15.3. The molecule has 2 atom stereocenters. The highest BCUT2D eigenvalue weighted by atomic mass is 16.5. The molecule has 0 bridgehead atoms. The van der Waals surface area contributed by atoms with Crippen molar-refractivity contribution in [3.63, 3.8) is 0 Å². The molecule has 0 spiro atoms. The molecule has 0 aliphatic rings. The van der Waals surface area contributed by atoms with Gasteiger partial charge in [0.05, 0.1) is 19.3 Å². The SMILES string of the molecule is COC(=O)/C(C)=C/C=C/C[C@H](CC/C=C/CCC[C@H](C)O)OC. The van der Waals surface area contributed by atoms with E-state index in [1.165, 1.54) is 7.11 Å². The van der Waals surface area contributed by atoms with Crippen molar-refractivity contribution in [3.05, 3.63) is 36.0 Å². The minimum Gasteiger partial charge on any atom is -0.466 e. The number of methoxy groups -OCH3 is 2. The van der Waals surface area contributed by atoms with E-state index >= 15 is 0 Å². The molecule has 0 aromatic heterocycles. The molecule has 4 heteroatoms. The van der Waals surface area contributed by atoms with Crippen LogP contribution in [0.1, 0.15) is 52.4 Å². The Morgan fingerprint density at radius 2 is 1.83 bits per heavy atom. The number of aliphatic hydroxyl groups is 1. The zero-order chi connectivity index (χ0) is 17.5. The summed E-state index contributed by atoms with van der Waals surface area (Å²) in [6, 6.07) is 0. The molecule has 0 amide bonds. The number of allylic oxidation sites excluding steroid dienone is 4. The van der Waals surface area contributed by atoms with Crippen molar-refractivity contribution in [2.45, 2.75) is 64.6 Å². The van der Waals surface area contributed by atoms with Gasteiger partial charge in [-0.1, -0.05) is 30.4 Å². The van der Waals surface area contributed by atoms with Crippen molar-refractivity contribution in [2.24, 2.45) is 0 Å². The summed E-state index contributed by atoms with van der Waals surface area (Å²) in [4.78, 5) is 11.2. The van der Waals surface area contributed by atoms with Crippen LogP contribution in [0.3, 0.4) is 0 Å². The molecular formula is C19H32O4. The Hall–Kier alpha value is -1.39. The lowest BCUT2D eigenvalue weighted by molar-refractivity contribution is -0.136. The fraction of sp³-hybridized carbons (Fsp3) is 0.632. The fourth-order valence-electron chi connectivity index (χ4n) is 2.05. The first-order valence-electron chi connectivity index (χ1n) is 8.28. The second-order valence-electron chi connectivity index (χ2n) is 5.69. The highest BCUT2D eigenvalue weighted by Gasteiger charge is 2.03. The molecule has 0 aliphatic carbocycles. The standard InChI is InChI=1S/C19H32O4/c1-16(19(21)23-4)12-10-11-15-18(22-3)14-9-7-5-6-8-13-17(2)20/h5,7,10-12,17-18,20H,6,8-9,13-15H2,1-4H3/b7-5+,11-10+,16-12+/t17-,18-/m0/s1. The third-order valence-electron chi connectivity index (χ3n) is 3.54. The van der Waals surface area contributed by atoms with E-state index in [2.05, 4.69) is 16.9 Å². The molecular weight excluding hydrogens is 292 g/mol. The number of esters is 1. The Kier molecular flexibility index (Phi) is 13.4. The van der Waals surface area contributed by atoms with Crippen molar-refractivity contribution < 1.29 is 19.4 Å². The van der Waals surface area contributed by atoms with Crippen molar-refractivity contribution in [3.8, 4) is 0 Å². The second kappa shape index (κ2) is 14.2. The molecule has 0 heterocycles. The Balaban J connectivity index is 3.94. The quantitative estimate of drug-likeness (QED) is 0.194. The monoisotopic (exact) mass is 324 g/mol. The van der Waals surface area contributed by atoms with Crippen LogP contribution >= 0.6 is 0 Å². The lowest BCUT2D eigenvalue weighted by Crippen LogP contribution is -2.08. The van der Waals surface area contributed by atoms with Gasteiger partial charge >= 0.3 is 5.97 Å². The molecule has 0 aliphatic heterocycles. The van der Waals surface area contributed by atoms with Crippen LogP contribution in [0.15, 0.2) is 36.0 Å². The Bertz CT molecular complexity index is 394. The number of ether oxygens (including phenoxy) is 2. The van der Waals surface area contributed by atoms with E-state index in [4.69, 9.17) is 9.84 Å². The van der Waals surface area contributed by atoms with Crippen LogP contribution in [-0.2, 0) is 14.3 Å². The van der Waals surface area contributed by atoms with Gasteiger partial charge in [0.1, 0.15) is 0 Å². The molecule has 0 radical (unpaired) electrons. The summed E-state index contributed by atoms with van der Waals surface area (Å²) >= 11 is 0. The molecule has 0 rings (SSSR count). The van der Waals surface area contributed by atoms with E-state index in [1.807, 2.05) is 19.1 Å². The minimum atomic E-state index is -0.307. The average molecular weight is 324 g/mol. The highest BCUT2D eigenvalue weighted by Crippen LogP contribution is 2.09. The summed E-state index contributed by atoms with van der Waals surface area (Å²) in [5.74, 6) is -0.307. The van der Waals surface area contributed by atoms with E-state index in [9.17, 15) is 4.79 Å². The van der Waals surface area contributed by atoms with Gasteiger partial charge in [0, 0.05) is 12.7 Å². The molecule has 0 saturated heterocycles. The van der Waals surface area contributed by atoms with Crippen LogP contribution < -0.4 is 0 Å². The van der Waals surface area contributed by atoms with Gasteiger partial charge in [0.25, 0.3) is 0 Å². The predicted molar refractivity (Wildman–Crippen MR) is 94.2 cm³/mol. The maximum Gasteiger partial charge on any atom is 0.333 e. The fourth-order valence-corrected chi connectivity index (χ4v) is 2.05. The first-order valence-corrected chi connectivity index (χ1v) is 8.28. The Morgan fingerprint density at radius 1 is 1.13 bits per heavy atom. The zero-order valence-corrected chi connectivity index (χ0v) is 15.0. The van der Waals surface area contributed by atoms with Gasteiger partial charge in [-0.3, -0.25) is 0 Å². The van der Waals surface area contributed by atoms with Crippen LogP contribution in [0.2, 0.25) is 0 Å². The van der Waals surface area contributed by atoms with E-state index in [1.54, 1.807) is 20.1 Å². The summed E-state index contributed by atoms with van der Waals surface area (Å²) in [6.45, 7) is 3.55. The molecule has 0 fully saturated rings. The molecule has 132 valence electrons. The van der Waals surface area contributed by atoms with Crippen LogP contribution in [0, 0.1) is 0 Å². The summed E-state index contributed by atoms with van der Waals surface area (Å²) in [5.41, 5.74) is 0.581. The second-order valence-corrected chi connectivity index (χ2v) is 5.69. The maximum absolute atomic E-state index is 11.2. The van der Waals surface area contributed by atoms with Crippen LogP contribution in [0.25, 0.3) is 0 Å². The van der Waals surface area contributed by atoms with Gasteiger partial charge in [-0.25, -0.2) is 4.79 Å². The maximum atomic E-state index is 11.2. The van der Waals surface area contributed by atoms with Gasteiger partial charge < -0.3 is 14.6 Å². The van der Waals surface area contributed by atoms with Crippen LogP contribution in [0.4, 0.5) is 0 Å². The van der Waals surface area contributed by atoms with Gasteiger partial charge in [-0.05, 0) is 52.4 Å². The zero-order valence-electron chi connectivity index (χ0n) is 15.0. The molecule has 0 saturated carbocycles. The van der Waals surface area contributed by atoms with Crippen molar-refractivity contribution >= 4 is 5.97 Å². The van der Waals surface area contributed by atoms with Gasteiger partial charge in [0.15, 0.2) is 0 Å². The van der Waals surface area contributed by atoms with Crippen molar-refractivity contribution in [1.29, 1.82) is 0 Å². The Labute approximate surface area is 140 Å². The first-order chi connectivity index (χ1) is 11.0. The average Bonchev–Trinajstić information content (AvgIpc) is 2.54.